The third-order valence-corrected chi connectivity index (χ3v) is 4.78. The van der Waals surface area contributed by atoms with Gasteiger partial charge < -0.3 is 5.11 Å². The van der Waals surface area contributed by atoms with Crippen LogP contribution in [0.15, 0.2) is 0 Å². The maximum Gasteiger partial charge on any atom is 0.136 e. The summed E-state index contributed by atoms with van der Waals surface area (Å²) in [7, 11) is 0. The Hall–Kier alpha value is -0.370. The standard InChI is InChI=1S/C12H18O2/c1-8(13)11-3-9-2-10(4-11)6-12(14,5-9)7-11/h9-10,14H,2-7H2,1H3/t9-,10-,11?,12?/m1/s1. The van der Waals surface area contributed by atoms with Gasteiger partial charge in [0.2, 0.25) is 0 Å². The van der Waals surface area contributed by atoms with Gasteiger partial charge in [0.15, 0.2) is 0 Å². The predicted octanol–water partition coefficient (Wildman–Crippen LogP) is 1.91. The molecule has 1 N–H and O–H groups in total. The number of Topliss-reactive ketones (excluding diaryl/α,β-unsaturated/α-hetero) is 1. The van der Waals surface area contributed by atoms with Crippen LogP contribution in [0.2, 0.25) is 0 Å². The molecule has 0 saturated heterocycles. The van der Waals surface area contributed by atoms with E-state index in [4.69, 9.17) is 0 Å². The van der Waals surface area contributed by atoms with Gasteiger partial charge in [0, 0.05) is 5.41 Å². The molecule has 4 aliphatic rings. The quantitative estimate of drug-likeness (QED) is 0.692. The molecule has 2 heteroatoms. The number of hydrogen-bond acceptors (Lipinski definition) is 2. The van der Waals surface area contributed by atoms with Gasteiger partial charge >= 0.3 is 0 Å². The summed E-state index contributed by atoms with van der Waals surface area (Å²) in [5.74, 6) is 1.58. The number of carbonyl (C=O) groups is 1. The molecule has 4 bridgehead atoms. The second kappa shape index (κ2) is 2.41. The fraction of sp³-hybridized carbons (Fsp3) is 0.917. The first-order valence-corrected chi connectivity index (χ1v) is 5.75. The molecule has 4 rings (SSSR count). The lowest BCUT2D eigenvalue weighted by Crippen LogP contribution is -2.57. The Balaban J connectivity index is 2.00. The SMILES string of the molecule is CC(=O)C12C[C@H]3C[C@@H](CC(O)(C3)C1)C2. The highest BCUT2D eigenvalue weighted by molar-refractivity contribution is 5.83. The highest BCUT2D eigenvalue weighted by Crippen LogP contribution is 2.61. The van der Waals surface area contributed by atoms with Gasteiger partial charge in [-0.3, -0.25) is 4.79 Å². The Labute approximate surface area is 84.7 Å². The fourth-order valence-corrected chi connectivity index (χ4v) is 4.63. The van der Waals surface area contributed by atoms with Gasteiger partial charge in [0.05, 0.1) is 5.60 Å². The maximum atomic E-state index is 11.7. The molecule has 14 heavy (non-hydrogen) atoms. The molecule has 0 aromatic heterocycles. The van der Waals surface area contributed by atoms with Gasteiger partial charge in [-0.05, 0) is 57.3 Å². The van der Waals surface area contributed by atoms with E-state index in [-0.39, 0.29) is 5.41 Å². The number of rotatable bonds is 1. The van der Waals surface area contributed by atoms with Crippen LogP contribution in [0.4, 0.5) is 0 Å². The number of hydrogen-bond donors (Lipinski definition) is 1. The molecule has 4 saturated carbocycles. The monoisotopic (exact) mass is 194 g/mol. The van der Waals surface area contributed by atoms with Crippen molar-refractivity contribution < 1.29 is 9.90 Å². The van der Waals surface area contributed by atoms with Gasteiger partial charge in [0.25, 0.3) is 0 Å². The first-order chi connectivity index (χ1) is 6.51. The molecule has 2 atom stereocenters. The molecule has 0 radical (unpaired) electrons. The topological polar surface area (TPSA) is 37.3 Å². The minimum Gasteiger partial charge on any atom is -0.390 e. The summed E-state index contributed by atoms with van der Waals surface area (Å²) in [4.78, 5) is 11.7. The summed E-state index contributed by atoms with van der Waals surface area (Å²) in [6.07, 6.45) is 6.04. The number of aliphatic hydroxyl groups is 1. The molecule has 0 amide bonds. The van der Waals surface area contributed by atoms with Crippen molar-refractivity contribution in [2.45, 2.75) is 51.0 Å². The molecule has 0 aromatic carbocycles. The zero-order valence-corrected chi connectivity index (χ0v) is 8.75. The first-order valence-electron chi connectivity index (χ1n) is 5.75. The highest BCUT2D eigenvalue weighted by atomic mass is 16.3. The molecular formula is C12H18O2. The van der Waals surface area contributed by atoms with Crippen molar-refractivity contribution in [2.75, 3.05) is 0 Å². The van der Waals surface area contributed by atoms with E-state index in [1.54, 1.807) is 6.92 Å². The maximum absolute atomic E-state index is 11.7. The zero-order valence-electron chi connectivity index (χ0n) is 8.75. The fourth-order valence-electron chi connectivity index (χ4n) is 4.63. The minimum atomic E-state index is -0.476. The van der Waals surface area contributed by atoms with E-state index in [2.05, 4.69) is 0 Å². The average molecular weight is 194 g/mol. The molecular weight excluding hydrogens is 176 g/mol. The molecule has 0 heterocycles. The minimum absolute atomic E-state index is 0.126. The predicted molar refractivity (Wildman–Crippen MR) is 52.7 cm³/mol. The highest BCUT2D eigenvalue weighted by Gasteiger charge is 2.58. The number of carbonyl (C=O) groups excluding carboxylic acids is 1. The van der Waals surface area contributed by atoms with Crippen LogP contribution in [-0.4, -0.2) is 16.5 Å². The van der Waals surface area contributed by atoms with Crippen molar-refractivity contribution in [1.29, 1.82) is 0 Å². The molecule has 4 aliphatic carbocycles. The van der Waals surface area contributed by atoms with Crippen LogP contribution in [0.3, 0.4) is 0 Å². The third kappa shape index (κ3) is 1.04. The molecule has 0 aromatic rings. The van der Waals surface area contributed by atoms with Crippen LogP contribution in [0.25, 0.3) is 0 Å². The molecule has 4 fully saturated rings. The normalized spacial score (nSPS) is 55.0. The van der Waals surface area contributed by atoms with Crippen molar-refractivity contribution in [3.8, 4) is 0 Å². The first kappa shape index (κ1) is 8.90. The van der Waals surface area contributed by atoms with Crippen LogP contribution >= 0.6 is 0 Å². The number of ketones is 1. The van der Waals surface area contributed by atoms with E-state index in [1.807, 2.05) is 0 Å². The summed E-state index contributed by atoms with van der Waals surface area (Å²) in [5.41, 5.74) is -0.603. The van der Waals surface area contributed by atoms with E-state index in [0.29, 0.717) is 17.6 Å². The zero-order chi connectivity index (χ0) is 9.97. The van der Waals surface area contributed by atoms with Crippen molar-refractivity contribution >= 4 is 5.78 Å². The Kier molecular flexibility index (Phi) is 1.53. The second-order valence-corrected chi connectivity index (χ2v) is 6.02. The van der Waals surface area contributed by atoms with E-state index >= 15 is 0 Å². The van der Waals surface area contributed by atoms with Crippen molar-refractivity contribution in [2.24, 2.45) is 17.3 Å². The van der Waals surface area contributed by atoms with Crippen LogP contribution in [0, 0.1) is 17.3 Å². The Morgan fingerprint density at radius 2 is 1.79 bits per heavy atom. The van der Waals surface area contributed by atoms with Crippen LogP contribution in [0.5, 0.6) is 0 Å². The summed E-state index contributed by atoms with van der Waals surface area (Å²) in [5, 5.41) is 10.4. The third-order valence-electron chi connectivity index (χ3n) is 4.78. The molecule has 2 nitrogen and oxygen atoms in total. The second-order valence-electron chi connectivity index (χ2n) is 6.02. The van der Waals surface area contributed by atoms with Crippen LogP contribution in [-0.2, 0) is 4.79 Å². The largest absolute Gasteiger partial charge is 0.390 e. The van der Waals surface area contributed by atoms with Crippen LogP contribution in [0.1, 0.15) is 45.4 Å². The lowest BCUT2D eigenvalue weighted by atomic mass is 9.47. The summed E-state index contributed by atoms with van der Waals surface area (Å²) in [6, 6.07) is 0. The summed E-state index contributed by atoms with van der Waals surface area (Å²) in [6.45, 7) is 1.72. The van der Waals surface area contributed by atoms with Gasteiger partial charge in [-0.25, -0.2) is 0 Å². The van der Waals surface area contributed by atoms with Gasteiger partial charge in [-0.15, -0.1) is 0 Å². The van der Waals surface area contributed by atoms with Crippen molar-refractivity contribution in [1.82, 2.24) is 0 Å². The summed E-state index contributed by atoms with van der Waals surface area (Å²) >= 11 is 0. The van der Waals surface area contributed by atoms with Gasteiger partial charge in [-0.2, -0.15) is 0 Å². The summed E-state index contributed by atoms with van der Waals surface area (Å²) < 4.78 is 0. The Bertz CT molecular complexity index is 281. The molecule has 0 unspecified atom stereocenters. The lowest BCUT2D eigenvalue weighted by Gasteiger charge is -2.59. The Morgan fingerprint density at radius 1 is 1.21 bits per heavy atom. The van der Waals surface area contributed by atoms with E-state index in [1.165, 1.54) is 6.42 Å². The van der Waals surface area contributed by atoms with Gasteiger partial charge in [-0.1, -0.05) is 0 Å². The molecule has 78 valence electrons. The van der Waals surface area contributed by atoms with Crippen LogP contribution < -0.4 is 0 Å². The van der Waals surface area contributed by atoms with E-state index in [0.717, 1.165) is 32.1 Å². The average Bonchev–Trinajstić information content (AvgIpc) is 1.98. The smallest absolute Gasteiger partial charge is 0.136 e. The molecule has 0 spiro atoms. The van der Waals surface area contributed by atoms with E-state index < -0.39 is 5.60 Å². The lowest BCUT2D eigenvalue weighted by molar-refractivity contribution is -0.175. The van der Waals surface area contributed by atoms with Gasteiger partial charge in [0.1, 0.15) is 5.78 Å². The molecule has 0 aliphatic heterocycles. The Morgan fingerprint density at radius 3 is 2.21 bits per heavy atom. The van der Waals surface area contributed by atoms with Crippen molar-refractivity contribution in [3.63, 3.8) is 0 Å². The van der Waals surface area contributed by atoms with Crippen molar-refractivity contribution in [3.05, 3.63) is 0 Å². The van der Waals surface area contributed by atoms with E-state index in [9.17, 15) is 9.90 Å².